The summed E-state index contributed by atoms with van der Waals surface area (Å²) >= 11 is 0. The summed E-state index contributed by atoms with van der Waals surface area (Å²) < 4.78 is 5.81. The predicted octanol–water partition coefficient (Wildman–Crippen LogP) is 5.79. The molecule has 0 atom stereocenters. The number of ether oxygens (including phenoxy) is 1. The second-order valence-corrected chi connectivity index (χ2v) is 9.39. The van der Waals surface area contributed by atoms with Crippen LogP contribution >= 0.6 is 0 Å². The molecule has 0 radical (unpaired) electrons. The van der Waals surface area contributed by atoms with Gasteiger partial charge in [-0.15, -0.1) is 0 Å². The molecule has 0 aliphatic carbocycles. The Kier molecular flexibility index (Phi) is 7.69. The molecular weight excluding hydrogens is 474 g/mol. The van der Waals surface area contributed by atoms with Crippen molar-refractivity contribution >= 4 is 23.2 Å². The Hall–Kier alpha value is -4.58. The molecule has 0 saturated carbocycles. The molecule has 0 bridgehead atoms. The van der Waals surface area contributed by atoms with Crippen molar-refractivity contribution in [2.24, 2.45) is 0 Å². The van der Waals surface area contributed by atoms with Gasteiger partial charge in [-0.3, -0.25) is 9.59 Å². The van der Waals surface area contributed by atoms with Gasteiger partial charge in [0.25, 0.3) is 11.8 Å². The molecule has 5 rings (SSSR count). The van der Waals surface area contributed by atoms with Gasteiger partial charge in [0.05, 0.1) is 0 Å². The van der Waals surface area contributed by atoms with E-state index in [1.165, 1.54) is 0 Å². The molecule has 192 valence electrons. The van der Waals surface area contributed by atoms with Crippen LogP contribution in [-0.2, 0) is 6.61 Å². The number of hydrogen-bond donors (Lipinski definition) is 1. The Bertz CT molecular complexity index is 1380. The molecule has 1 aliphatic heterocycles. The topological polar surface area (TPSA) is 61.9 Å². The SMILES string of the molecule is Cc1ccccc1C(=O)N1CCN(c2ccc(NC(=O)c3ccc(OCc4ccccc4)cc3)cc2)CC1. The summed E-state index contributed by atoms with van der Waals surface area (Å²) in [6, 6.07) is 32.7. The van der Waals surface area contributed by atoms with Gasteiger partial charge in [0.1, 0.15) is 12.4 Å². The molecule has 6 nitrogen and oxygen atoms in total. The van der Waals surface area contributed by atoms with Crippen LogP contribution in [0.2, 0.25) is 0 Å². The number of amides is 2. The fraction of sp³-hybridized carbons (Fsp3) is 0.188. The smallest absolute Gasteiger partial charge is 0.255 e. The van der Waals surface area contributed by atoms with E-state index >= 15 is 0 Å². The van der Waals surface area contributed by atoms with Crippen LogP contribution in [0.4, 0.5) is 11.4 Å². The van der Waals surface area contributed by atoms with Crippen molar-refractivity contribution in [1.82, 2.24) is 4.90 Å². The third-order valence-electron chi connectivity index (χ3n) is 6.80. The molecule has 1 heterocycles. The van der Waals surface area contributed by atoms with Crippen molar-refractivity contribution in [2.75, 3.05) is 36.4 Å². The van der Waals surface area contributed by atoms with E-state index in [-0.39, 0.29) is 11.8 Å². The first-order valence-corrected chi connectivity index (χ1v) is 12.8. The standard InChI is InChI=1S/C32H31N3O3/c1-24-7-5-6-10-30(24)32(37)35-21-19-34(20-22-35)28-15-13-27(14-16-28)33-31(36)26-11-17-29(18-12-26)38-23-25-8-3-2-4-9-25/h2-18H,19-23H2,1H3,(H,33,36). The molecule has 4 aromatic carbocycles. The zero-order valence-electron chi connectivity index (χ0n) is 21.5. The number of benzene rings is 4. The minimum absolute atomic E-state index is 0.0941. The van der Waals surface area contributed by atoms with Crippen molar-refractivity contribution in [2.45, 2.75) is 13.5 Å². The van der Waals surface area contributed by atoms with Crippen LogP contribution in [0.15, 0.2) is 103 Å². The quantitative estimate of drug-likeness (QED) is 0.345. The fourth-order valence-corrected chi connectivity index (χ4v) is 4.55. The summed E-state index contributed by atoms with van der Waals surface area (Å²) in [6.07, 6.45) is 0. The summed E-state index contributed by atoms with van der Waals surface area (Å²) in [5, 5.41) is 2.96. The number of nitrogens with zero attached hydrogens (tertiary/aromatic N) is 2. The Morgan fingerprint density at radius 2 is 1.42 bits per heavy atom. The number of carbonyl (C=O) groups is 2. The van der Waals surface area contributed by atoms with Gasteiger partial charge in [-0.2, -0.15) is 0 Å². The van der Waals surface area contributed by atoms with Gasteiger partial charge >= 0.3 is 0 Å². The van der Waals surface area contributed by atoms with E-state index in [0.29, 0.717) is 25.3 Å². The van der Waals surface area contributed by atoms with E-state index in [1.54, 1.807) is 12.1 Å². The number of piperazine rings is 1. The highest BCUT2D eigenvalue weighted by Crippen LogP contribution is 2.22. The van der Waals surface area contributed by atoms with Gasteiger partial charge in [0.2, 0.25) is 0 Å². The molecule has 4 aromatic rings. The molecule has 1 aliphatic rings. The summed E-state index contributed by atoms with van der Waals surface area (Å²) in [6.45, 7) is 5.34. The molecular formula is C32H31N3O3. The van der Waals surface area contributed by atoms with E-state index in [0.717, 1.165) is 46.9 Å². The zero-order chi connectivity index (χ0) is 26.3. The van der Waals surface area contributed by atoms with E-state index < -0.39 is 0 Å². The third kappa shape index (κ3) is 6.03. The summed E-state index contributed by atoms with van der Waals surface area (Å²) in [4.78, 5) is 29.8. The molecule has 1 fully saturated rings. The average molecular weight is 506 g/mol. The Labute approximate surface area is 223 Å². The number of nitrogens with one attached hydrogen (secondary N) is 1. The summed E-state index contributed by atoms with van der Waals surface area (Å²) in [7, 11) is 0. The number of hydrogen-bond acceptors (Lipinski definition) is 4. The van der Waals surface area contributed by atoms with E-state index in [1.807, 2.05) is 103 Å². The lowest BCUT2D eigenvalue weighted by molar-refractivity contribution is 0.0746. The third-order valence-corrected chi connectivity index (χ3v) is 6.80. The van der Waals surface area contributed by atoms with Crippen LogP contribution in [0.3, 0.4) is 0 Å². The van der Waals surface area contributed by atoms with Crippen molar-refractivity contribution in [1.29, 1.82) is 0 Å². The highest BCUT2D eigenvalue weighted by Gasteiger charge is 2.23. The highest BCUT2D eigenvalue weighted by atomic mass is 16.5. The lowest BCUT2D eigenvalue weighted by atomic mass is 10.1. The first-order chi connectivity index (χ1) is 18.6. The second-order valence-electron chi connectivity index (χ2n) is 9.39. The Morgan fingerprint density at radius 3 is 2.11 bits per heavy atom. The van der Waals surface area contributed by atoms with Gasteiger partial charge in [0.15, 0.2) is 0 Å². The monoisotopic (exact) mass is 505 g/mol. The lowest BCUT2D eigenvalue weighted by Crippen LogP contribution is -2.48. The van der Waals surface area contributed by atoms with Crippen molar-refractivity contribution < 1.29 is 14.3 Å². The van der Waals surface area contributed by atoms with Crippen molar-refractivity contribution in [3.8, 4) is 5.75 Å². The van der Waals surface area contributed by atoms with Crippen LogP contribution in [-0.4, -0.2) is 42.9 Å². The average Bonchev–Trinajstić information content (AvgIpc) is 2.97. The molecule has 1 saturated heterocycles. The molecule has 6 heteroatoms. The molecule has 0 spiro atoms. The lowest BCUT2D eigenvalue weighted by Gasteiger charge is -2.36. The van der Waals surface area contributed by atoms with Gasteiger partial charge in [-0.05, 0) is 72.6 Å². The van der Waals surface area contributed by atoms with Gasteiger partial charge in [-0.25, -0.2) is 0 Å². The van der Waals surface area contributed by atoms with Crippen LogP contribution in [0, 0.1) is 6.92 Å². The highest BCUT2D eigenvalue weighted by molar-refractivity contribution is 6.04. The largest absolute Gasteiger partial charge is 0.489 e. The van der Waals surface area contributed by atoms with Crippen LogP contribution in [0.25, 0.3) is 0 Å². The Balaban J connectivity index is 1.12. The van der Waals surface area contributed by atoms with Gasteiger partial charge in [-0.1, -0.05) is 48.5 Å². The van der Waals surface area contributed by atoms with E-state index in [4.69, 9.17) is 4.74 Å². The van der Waals surface area contributed by atoms with Crippen LogP contribution < -0.4 is 15.0 Å². The molecule has 2 amide bonds. The minimum Gasteiger partial charge on any atom is -0.489 e. The van der Waals surface area contributed by atoms with Crippen molar-refractivity contribution in [3.05, 3.63) is 125 Å². The number of carbonyl (C=O) groups excluding carboxylic acids is 2. The first-order valence-electron chi connectivity index (χ1n) is 12.8. The maximum absolute atomic E-state index is 12.9. The number of anilines is 2. The second kappa shape index (κ2) is 11.6. The summed E-state index contributed by atoms with van der Waals surface area (Å²) in [5.74, 6) is 0.641. The maximum Gasteiger partial charge on any atom is 0.255 e. The van der Waals surface area contributed by atoms with Crippen LogP contribution in [0.1, 0.15) is 31.8 Å². The minimum atomic E-state index is -0.171. The van der Waals surface area contributed by atoms with E-state index in [9.17, 15) is 9.59 Å². The molecule has 0 aromatic heterocycles. The fourth-order valence-electron chi connectivity index (χ4n) is 4.55. The normalized spacial score (nSPS) is 13.2. The first kappa shape index (κ1) is 25.1. The number of rotatable bonds is 7. The van der Waals surface area contributed by atoms with Gasteiger partial charge < -0.3 is 19.9 Å². The number of aryl methyl sites for hydroxylation is 1. The maximum atomic E-state index is 12.9. The predicted molar refractivity (Wildman–Crippen MR) is 151 cm³/mol. The van der Waals surface area contributed by atoms with Crippen molar-refractivity contribution in [3.63, 3.8) is 0 Å². The van der Waals surface area contributed by atoms with Crippen LogP contribution in [0.5, 0.6) is 5.75 Å². The molecule has 0 unspecified atom stereocenters. The molecule has 38 heavy (non-hydrogen) atoms. The van der Waals surface area contributed by atoms with E-state index in [2.05, 4.69) is 10.2 Å². The molecule has 1 N–H and O–H groups in total. The Morgan fingerprint density at radius 1 is 0.763 bits per heavy atom. The zero-order valence-corrected chi connectivity index (χ0v) is 21.5. The van der Waals surface area contributed by atoms with Gasteiger partial charge in [0, 0.05) is 48.7 Å². The summed E-state index contributed by atoms with van der Waals surface area (Å²) in [5.41, 5.74) is 5.24.